The van der Waals surface area contributed by atoms with E-state index >= 15 is 0 Å². The highest BCUT2D eigenvalue weighted by molar-refractivity contribution is 7.85. The van der Waals surface area contributed by atoms with Crippen molar-refractivity contribution in [3.63, 3.8) is 0 Å². The molecule has 0 bridgehead atoms. The van der Waals surface area contributed by atoms with Crippen LogP contribution in [0.2, 0.25) is 0 Å². The summed E-state index contributed by atoms with van der Waals surface area (Å²) in [6.07, 6.45) is 5.79. The van der Waals surface area contributed by atoms with Crippen LogP contribution in [-0.4, -0.2) is 142 Å². The Kier molecular flexibility index (Phi) is 27.3. The Hall–Kier alpha value is -6.72. The standard InChI is InChI=1S/C54H68N2O16S2.CH4.2O3S/c1-7-17-41(57)33-27-35(43(59)18-8-2)49-39(29-33)55(23-13-9-11-21-47(61)62)45(53(49,3)4)31-37-51(65)38(52(37)66)32-46-54(5,6)50-36(44(60)20-16-26-74(70,71)72)28-34(42(58)19-15-25-73(67,68)69)30-40(50)56(46)24-14-10-12-22-48(63)64;;2*1-4(2)3/h27-32H,7-26H2,1-6H3,(H4-,61,62,63,64,65,66,67,68,69,70,71,72);1H4;;. The minimum Gasteiger partial charge on any atom is -0.748 e. The normalized spacial score (nSPS) is 15.7. The number of hydrogen-bond donors (Lipinski definition) is 4. The molecule has 24 nitrogen and oxygen atoms in total. The van der Waals surface area contributed by atoms with Crippen molar-refractivity contribution in [2.45, 2.75) is 163 Å². The number of nitrogens with zero attached hydrogens (tertiary/aromatic N) is 2. The Morgan fingerprint density at radius 1 is 0.627 bits per heavy atom. The number of carboxylic acid groups (broad SMARTS) is 2. The number of fused-ring (bicyclic) bond motifs is 2. The second kappa shape index (κ2) is 31.3. The number of unbranched alkanes of at least 4 members (excludes halogenated alkanes) is 4. The van der Waals surface area contributed by atoms with Gasteiger partial charge in [-0.15, -0.1) is 25.3 Å². The van der Waals surface area contributed by atoms with Crippen LogP contribution >= 0.6 is 0 Å². The number of ketones is 5. The van der Waals surface area contributed by atoms with Gasteiger partial charge in [0.2, 0.25) is 11.5 Å². The third-order valence-electron chi connectivity index (χ3n) is 13.8. The number of anilines is 1. The van der Waals surface area contributed by atoms with Crippen LogP contribution in [0, 0.1) is 0 Å². The van der Waals surface area contributed by atoms with Crippen molar-refractivity contribution in [3.8, 4) is 0 Å². The molecule has 1 aliphatic carbocycles. The number of Topliss-reactive ketones (excluding diaryl/α,β-unsaturated/α-hetero) is 5. The van der Waals surface area contributed by atoms with Crippen molar-refractivity contribution in [1.82, 2.24) is 0 Å². The summed E-state index contributed by atoms with van der Waals surface area (Å²) in [5, 5.41) is 30.6. The average molecular weight is 1240 g/mol. The minimum atomic E-state index is -4.69. The van der Waals surface area contributed by atoms with Gasteiger partial charge in [0.05, 0.1) is 38.0 Å². The topological polar surface area (TPSA) is 400 Å². The first kappa shape index (κ1) is 72.4. The Morgan fingerprint density at radius 3 is 1.60 bits per heavy atom. The summed E-state index contributed by atoms with van der Waals surface area (Å²) in [7, 11) is -15.3. The van der Waals surface area contributed by atoms with Crippen LogP contribution in [0.5, 0.6) is 0 Å². The quantitative estimate of drug-likeness (QED) is 0.0196. The van der Waals surface area contributed by atoms with E-state index in [-0.39, 0.29) is 98.5 Å². The molecule has 0 atom stereocenters. The van der Waals surface area contributed by atoms with E-state index in [0.29, 0.717) is 103 Å². The fraction of sp³-hybridized carbons (Fsp3) is 0.527. The molecule has 3 aliphatic rings. The third kappa shape index (κ3) is 20.3. The van der Waals surface area contributed by atoms with Gasteiger partial charge in [-0.25, -0.2) is 8.42 Å². The molecule has 0 saturated carbocycles. The largest absolute Gasteiger partial charge is 0.748 e. The zero-order chi connectivity index (χ0) is 62.2. The van der Waals surface area contributed by atoms with Crippen molar-refractivity contribution in [2.24, 2.45) is 0 Å². The lowest BCUT2D eigenvalue weighted by molar-refractivity contribution is -0.438. The van der Waals surface area contributed by atoms with E-state index in [9.17, 15) is 74.8 Å². The minimum absolute atomic E-state index is 0. The molecule has 5 rings (SSSR count). The number of benzene rings is 2. The maximum atomic E-state index is 14.6. The van der Waals surface area contributed by atoms with Gasteiger partial charge < -0.3 is 24.8 Å². The highest BCUT2D eigenvalue weighted by Crippen LogP contribution is 2.52. The predicted molar refractivity (Wildman–Crippen MR) is 302 cm³/mol. The second-order valence-electron chi connectivity index (χ2n) is 20.7. The number of allylic oxidation sites excluding steroid dienone is 5. The van der Waals surface area contributed by atoms with Crippen LogP contribution in [0.15, 0.2) is 59.0 Å². The van der Waals surface area contributed by atoms with Gasteiger partial charge in [-0.2, -0.15) is 13.0 Å². The summed E-state index contributed by atoms with van der Waals surface area (Å²) in [6.45, 7) is 11.5. The van der Waals surface area contributed by atoms with E-state index < -0.39 is 99.5 Å². The number of hydrogen-bond acceptors (Lipinski definition) is 20. The molecule has 0 saturated heterocycles. The van der Waals surface area contributed by atoms with E-state index in [2.05, 4.69) is 0 Å². The molecule has 4 N–H and O–H groups in total. The molecule has 83 heavy (non-hydrogen) atoms. The van der Waals surface area contributed by atoms with Gasteiger partial charge >= 0.3 is 33.2 Å². The van der Waals surface area contributed by atoms with Crippen LogP contribution in [0.1, 0.15) is 204 Å². The SMILES string of the molecule is C.CCCC(=O)c1cc(C(=O)CCC)c2c(c1)N(CCCCCC(=O)O)C(=CC1=C(O)C(=CC3=[N+](CCCCCC(=O)O)c4cc(C(=O)CCCS(=O)(=O)O)cc(C(=O)CCCS(=O)(=O)[O-])c4C3(C)C)C1=O)C2(C)C.O=S(=O)=O.O=S(=O)=O. The molecule has 2 aliphatic heterocycles. The van der Waals surface area contributed by atoms with Gasteiger partial charge in [0, 0.05) is 108 Å². The molecule has 0 spiro atoms. The van der Waals surface area contributed by atoms with Gasteiger partial charge in [0.1, 0.15) is 12.3 Å². The number of carboxylic acids is 2. The second-order valence-corrected chi connectivity index (χ2v) is 24.6. The highest BCUT2D eigenvalue weighted by Gasteiger charge is 2.50. The lowest BCUT2D eigenvalue weighted by Crippen LogP contribution is -2.33. The van der Waals surface area contributed by atoms with E-state index in [4.69, 9.17) is 25.3 Å². The maximum absolute atomic E-state index is 14.6. The number of aliphatic carboxylic acids is 2. The Morgan fingerprint density at radius 2 is 1.10 bits per heavy atom. The maximum Gasteiger partial charge on any atom is 0.425 e. The van der Waals surface area contributed by atoms with Crippen LogP contribution in [0.4, 0.5) is 11.4 Å². The number of carbonyl (C=O) groups excluding carboxylic acids is 5. The van der Waals surface area contributed by atoms with E-state index in [0.717, 1.165) is 0 Å². The zero-order valence-electron chi connectivity index (χ0n) is 46.3. The molecule has 2 aromatic rings. The fourth-order valence-electron chi connectivity index (χ4n) is 10.2. The Bertz CT molecular complexity index is 3440. The molecular formula is C55H72N2O22S4. The van der Waals surface area contributed by atoms with Gasteiger partial charge in [0.15, 0.2) is 28.8 Å². The van der Waals surface area contributed by atoms with Gasteiger partial charge in [-0.1, -0.05) is 41.5 Å². The van der Waals surface area contributed by atoms with Crippen LogP contribution < -0.4 is 4.90 Å². The summed E-state index contributed by atoms with van der Waals surface area (Å²) in [4.78, 5) is 94.5. The van der Waals surface area contributed by atoms with Crippen molar-refractivity contribution in [1.29, 1.82) is 0 Å². The summed E-state index contributed by atoms with van der Waals surface area (Å²) >= 11 is 0. The summed E-state index contributed by atoms with van der Waals surface area (Å²) in [5.74, 6) is -5.88. The molecule has 0 aromatic heterocycles. The van der Waals surface area contributed by atoms with Crippen LogP contribution in [0.3, 0.4) is 0 Å². The van der Waals surface area contributed by atoms with Crippen molar-refractivity contribution in [3.05, 3.63) is 92.4 Å². The number of carbonyl (C=O) groups is 7. The summed E-state index contributed by atoms with van der Waals surface area (Å²) in [6, 6.07) is 6.24. The monoisotopic (exact) mass is 1240 g/mol. The lowest BCUT2D eigenvalue weighted by atomic mass is 9.75. The first-order chi connectivity index (χ1) is 38.0. The predicted octanol–water partition coefficient (Wildman–Crippen LogP) is 7.31. The van der Waals surface area contributed by atoms with Crippen LogP contribution in [0.25, 0.3) is 0 Å². The highest BCUT2D eigenvalue weighted by atomic mass is 32.2. The Labute approximate surface area is 486 Å². The lowest BCUT2D eigenvalue weighted by Gasteiger charge is -2.29. The van der Waals surface area contributed by atoms with E-state index in [1.807, 2.05) is 32.6 Å². The molecule has 0 unspecified atom stereocenters. The van der Waals surface area contributed by atoms with E-state index in [1.54, 1.807) is 36.6 Å². The zero-order valence-corrected chi connectivity index (χ0v) is 49.5. The summed E-state index contributed by atoms with van der Waals surface area (Å²) < 4.78 is 119. The molecule has 28 heteroatoms. The molecular weight excluding hydrogens is 1170 g/mol. The average Bonchev–Trinajstić information content (AvgIpc) is 2.09. The molecule has 2 aromatic carbocycles. The number of aliphatic hydroxyl groups excluding tert-OH is 1. The van der Waals surface area contributed by atoms with Crippen molar-refractivity contribution >= 4 is 99.4 Å². The third-order valence-corrected chi connectivity index (χ3v) is 15.4. The number of aliphatic hydroxyl groups is 1. The van der Waals surface area contributed by atoms with Crippen molar-refractivity contribution < 1.29 is 105 Å². The Balaban J connectivity index is 0.00000245. The molecule has 2 heterocycles. The first-order valence-electron chi connectivity index (χ1n) is 26.2. The molecule has 0 amide bonds. The van der Waals surface area contributed by atoms with Gasteiger partial charge in [-0.05, 0) is 95.1 Å². The first-order valence-corrected chi connectivity index (χ1v) is 31.4. The van der Waals surface area contributed by atoms with Crippen molar-refractivity contribution in [2.75, 3.05) is 29.5 Å². The van der Waals surface area contributed by atoms with Gasteiger partial charge in [-0.3, -0.25) is 38.1 Å². The molecule has 0 radical (unpaired) electrons. The number of rotatable bonds is 30. The molecule has 0 fully saturated rings. The van der Waals surface area contributed by atoms with Crippen LogP contribution in [-0.2, 0) is 66.7 Å². The smallest absolute Gasteiger partial charge is 0.425 e. The van der Waals surface area contributed by atoms with Gasteiger partial charge in [0.25, 0.3) is 10.1 Å². The fourth-order valence-corrected chi connectivity index (χ4v) is 11.2. The summed E-state index contributed by atoms with van der Waals surface area (Å²) in [5.41, 5.74) is 1.37. The van der Waals surface area contributed by atoms with E-state index in [1.165, 1.54) is 18.2 Å². The molecule has 458 valence electrons.